The molecule has 1 aliphatic carbocycles. The standard InChI is InChI=1S/C34H37F2N2O7.Fm/c1-4-44-19-20-14-29(42-2)31(30(15-20)43-3)25-9-8-23-21(6-5-7-24(23)25)16-28(34(40)41)37-33(39)32-26(35)17-22(18-27(32)36)38-10-12-45-13-11-38;/h5-7,10,14-15,17-18,25,28H,4,8-9,11-13,16,19H2,1-3H3,(H,37,39)(H,40,41);/q-1;/t25-,28-;/m0./s1. The third-order valence-electron chi connectivity index (χ3n) is 8.30. The second kappa shape index (κ2) is 14.7. The summed E-state index contributed by atoms with van der Waals surface area (Å²) in [5.41, 5.74) is 3.92. The molecule has 252 valence electrons. The Balaban J connectivity index is 0.00000480. The Morgan fingerprint density at radius 1 is 1.13 bits per heavy atom. The zero-order chi connectivity index (χ0) is 32.1. The van der Waals surface area contributed by atoms with Gasteiger partial charge in [-0.15, -0.1) is 0 Å². The maximum atomic E-state index is 15.0. The smallest absolute Gasteiger partial charge is 0.326 e. The van der Waals surface area contributed by atoms with E-state index >= 15 is 8.78 Å². The maximum absolute atomic E-state index is 15.0. The van der Waals surface area contributed by atoms with Crippen LogP contribution in [0.1, 0.15) is 57.4 Å². The molecule has 0 unspecified atom stereocenters. The number of carboxylic acids is 1. The molecule has 2 atom stereocenters. The van der Waals surface area contributed by atoms with Gasteiger partial charge in [0.2, 0.25) is 0 Å². The number of carbonyl (C=O) groups excluding carboxylic acids is 1. The van der Waals surface area contributed by atoms with Gasteiger partial charge < -0.3 is 34.3 Å². The van der Waals surface area contributed by atoms with Crippen LogP contribution in [0, 0.1) is 18.2 Å². The molecule has 9 nitrogen and oxygen atoms in total. The van der Waals surface area contributed by atoms with Gasteiger partial charge in [0.15, 0.2) is 0 Å². The number of benzene rings is 3. The van der Waals surface area contributed by atoms with Crippen LogP contribution in [0.15, 0.2) is 42.5 Å². The number of hydrogen-bond acceptors (Lipinski definition) is 7. The molecule has 2 aliphatic rings. The van der Waals surface area contributed by atoms with Crippen molar-refractivity contribution in [3.8, 4) is 11.5 Å². The first kappa shape index (κ1) is 33.7. The summed E-state index contributed by atoms with van der Waals surface area (Å²) < 4.78 is 52.4. The molecule has 3 aromatic rings. The molecule has 5 rings (SSSR count). The van der Waals surface area contributed by atoms with E-state index in [2.05, 4.69) is 5.32 Å². The number of nitrogens with one attached hydrogen (secondary N) is 1. The van der Waals surface area contributed by atoms with E-state index in [1.54, 1.807) is 25.7 Å². The first-order valence-corrected chi connectivity index (χ1v) is 14.9. The summed E-state index contributed by atoms with van der Waals surface area (Å²) in [7, 11) is 3.21. The molecule has 1 aliphatic heterocycles. The summed E-state index contributed by atoms with van der Waals surface area (Å²) in [6, 6.07) is 10.2. The summed E-state index contributed by atoms with van der Waals surface area (Å²) in [6.07, 6.45) is 1.33. The Kier molecular flexibility index (Phi) is 10.8. The van der Waals surface area contributed by atoms with Gasteiger partial charge in [-0.25, -0.2) is 20.1 Å². The minimum Gasteiger partial charge on any atom is -0.518 e. The molecule has 0 spiro atoms. The number of morpholine rings is 1. The summed E-state index contributed by atoms with van der Waals surface area (Å²) >= 11 is 0. The Morgan fingerprint density at radius 2 is 1.83 bits per heavy atom. The van der Waals surface area contributed by atoms with Gasteiger partial charge in [0.05, 0.1) is 27.4 Å². The van der Waals surface area contributed by atoms with Gasteiger partial charge in [-0.05, 0) is 66.3 Å². The van der Waals surface area contributed by atoms with Gasteiger partial charge in [-0.3, -0.25) is 4.79 Å². The van der Waals surface area contributed by atoms with Crippen molar-refractivity contribution < 1.29 is 42.4 Å². The minimum absolute atomic E-state index is 0. The van der Waals surface area contributed by atoms with E-state index in [0.29, 0.717) is 50.9 Å². The van der Waals surface area contributed by atoms with E-state index in [-0.39, 0.29) is 18.0 Å². The molecular formula is C34H37F2FmN2O7-. The van der Waals surface area contributed by atoms with Crippen LogP contribution in [0.5, 0.6) is 11.5 Å². The molecule has 1 amide bonds. The molecule has 0 aromatic heterocycles. The summed E-state index contributed by atoms with van der Waals surface area (Å²) in [5.74, 6) is -3.34. The summed E-state index contributed by atoms with van der Waals surface area (Å²) in [6.45, 7) is 5.69. The van der Waals surface area contributed by atoms with Gasteiger partial charge in [-0.1, -0.05) is 24.8 Å². The SMILES string of the molecule is CCOCc1cc(OC)c([C@H]2CCc3c(C[C@H](NC(=O)c4c(F)cc(N5[CH-]COCC5)cc4F)C(=O)O)cccc32)c(OC)c1.[Fm]. The average Bonchev–Trinajstić information content (AvgIpc) is 3.47. The number of carbonyl (C=O) groups is 2. The van der Waals surface area contributed by atoms with E-state index in [1.807, 2.05) is 37.3 Å². The zero-order valence-electron chi connectivity index (χ0n) is 25.8. The van der Waals surface area contributed by atoms with Crippen LogP contribution >= 0.6 is 0 Å². The number of anilines is 1. The number of nitrogens with zero attached hydrogens (tertiary/aromatic N) is 1. The Morgan fingerprint density at radius 3 is 2.41 bits per heavy atom. The average molecular weight is 881 g/mol. The topological polar surface area (TPSA) is 107 Å². The third-order valence-corrected chi connectivity index (χ3v) is 8.30. The van der Waals surface area contributed by atoms with Crippen molar-refractivity contribution in [3.05, 3.63) is 94.0 Å². The number of fused-ring (bicyclic) bond motifs is 1. The van der Waals surface area contributed by atoms with Crippen LogP contribution in [0.3, 0.4) is 0 Å². The van der Waals surface area contributed by atoms with Gasteiger partial charge in [-0.2, -0.15) is 0 Å². The van der Waals surface area contributed by atoms with Crippen LogP contribution in [0.4, 0.5) is 14.5 Å². The van der Waals surface area contributed by atoms with E-state index in [4.69, 9.17) is 18.9 Å². The van der Waals surface area contributed by atoms with Crippen LogP contribution in [0.25, 0.3) is 0 Å². The first-order chi connectivity index (χ1) is 21.7. The predicted molar refractivity (Wildman–Crippen MR) is 163 cm³/mol. The Bertz CT molecular complexity index is 1520. The third kappa shape index (κ3) is 6.87. The Hall–Kier alpha value is -5.22. The van der Waals surface area contributed by atoms with Crippen molar-refractivity contribution in [3.63, 3.8) is 0 Å². The van der Waals surface area contributed by atoms with Gasteiger partial charge >= 0.3 is 5.97 Å². The van der Waals surface area contributed by atoms with Crippen LogP contribution < -0.4 is 19.7 Å². The molecule has 2 N–H and O–H groups in total. The Labute approximate surface area is 261 Å². The molecule has 0 bridgehead atoms. The van der Waals surface area contributed by atoms with Gasteiger partial charge in [0.25, 0.3) is 5.91 Å². The van der Waals surface area contributed by atoms with Crippen molar-refractivity contribution in [2.24, 2.45) is 0 Å². The van der Waals surface area contributed by atoms with Crippen molar-refractivity contribution in [2.75, 3.05) is 45.5 Å². The van der Waals surface area contributed by atoms with E-state index in [1.165, 1.54) is 0 Å². The number of hydrogen-bond donors (Lipinski definition) is 2. The fourth-order valence-corrected chi connectivity index (χ4v) is 6.17. The fraction of sp³-hybridized carbons (Fsp3) is 0.382. The number of halogens is 2. The number of aliphatic carboxylic acids is 1. The van der Waals surface area contributed by atoms with Crippen molar-refractivity contribution in [1.29, 1.82) is 0 Å². The van der Waals surface area contributed by atoms with Crippen molar-refractivity contribution in [2.45, 2.75) is 44.8 Å². The quantitative estimate of drug-likeness (QED) is 0.245. The summed E-state index contributed by atoms with van der Waals surface area (Å²) in [5, 5.41) is 12.4. The molecule has 46 heavy (non-hydrogen) atoms. The van der Waals surface area contributed by atoms with E-state index in [0.717, 1.165) is 46.4 Å². The van der Waals surface area contributed by atoms with Crippen LogP contribution in [-0.4, -0.2) is 63.6 Å². The number of carboxylic acid groups (broad SMARTS) is 1. The number of ether oxygens (including phenoxy) is 4. The molecular weight excluding hydrogens is 843 g/mol. The molecule has 1 heterocycles. The van der Waals surface area contributed by atoms with Crippen molar-refractivity contribution >= 4 is 17.6 Å². The molecule has 1 saturated heterocycles. The van der Waals surface area contributed by atoms with E-state index < -0.39 is 35.1 Å². The predicted octanol–water partition coefficient (Wildman–Crippen LogP) is 5.02. The molecule has 12 heteroatoms. The summed E-state index contributed by atoms with van der Waals surface area (Å²) in [4.78, 5) is 27.0. The van der Waals surface area contributed by atoms with Crippen molar-refractivity contribution in [1.82, 2.24) is 5.32 Å². The molecule has 1 fully saturated rings. The monoisotopic (exact) mass is 880 g/mol. The molecule has 0 saturated carbocycles. The second-order valence-electron chi connectivity index (χ2n) is 10.9. The van der Waals surface area contributed by atoms with Crippen LogP contribution in [0.2, 0.25) is 0 Å². The van der Waals surface area contributed by atoms with Crippen LogP contribution in [-0.2, 0) is 33.7 Å². The minimum atomic E-state index is -1.42. The number of methoxy groups -OCH3 is 2. The molecule has 3 aromatic carbocycles. The van der Waals surface area contributed by atoms with Gasteiger partial charge in [0, 0.05) is 36.7 Å². The number of amides is 1. The van der Waals surface area contributed by atoms with Gasteiger partial charge in [0.1, 0.15) is 34.7 Å². The second-order valence-corrected chi connectivity index (χ2v) is 10.9. The normalized spacial score (nSPS) is 16.3. The van der Waals surface area contributed by atoms with E-state index in [9.17, 15) is 14.7 Å². The maximum Gasteiger partial charge on any atom is 0.326 e. The number of rotatable bonds is 12. The fourth-order valence-electron chi connectivity index (χ4n) is 6.17. The zero-order valence-corrected chi connectivity index (χ0v) is 28.2. The largest absolute Gasteiger partial charge is 0.518 e. The first-order valence-electron chi connectivity index (χ1n) is 14.9. The molecule has 0 radical (unpaired) electrons.